The molecular weight excluding hydrogens is 138 g/mol. The summed E-state index contributed by atoms with van der Waals surface area (Å²) in [6.45, 7) is 5.81. The van der Waals surface area contributed by atoms with Crippen molar-refractivity contribution >= 4 is 0 Å². The highest BCUT2D eigenvalue weighted by Gasteiger charge is 2.04. The summed E-state index contributed by atoms with van der Waals surface area (Å²) in [5.74, 6) is 0. The third-order valence-electron chi connectivity index (χ3n) is 1.77. The molecule has 11 heavy (non-hydrogen) atoms. The number of nitrogens with one attached hydrogen (secondary N) is 1. The van der Waals surface area contributed by atoms with Crippen LogP contribution in [0.1, 0.15) is 26.7 Å². The standard InChI is InChI=1S/C8H21N3/c1-7(3-5-9)11-8(2)4-6-10/h7-8,11H,3-6,9-10H2,1-2H3. The fourth-order valence-electron chi connectivity index (χ4n) is 1.15. The second-order valence-electron chi connectivity index (χ2n) is 3.12. The molecule has 68 valence electrons. The number of hydrogen-bond donors (Lipinski definition) is 3. The quantitative estimate of drug-likeness (QED) is 0.513. The van der Waals surface area contributed by atoms with E-state index in [1.165, 1.54) is 0 Å². The molecular formula is C8H21N3. The van der Waals surface area contributed by atoms with Gasteiger partial charge in [-0.1, -0.05) is 0 Å². The van der Waals surface area contributed by atoms with E-state index in [2.05, 4.69) is 19.2 Å². The Morgan fingerprint density at radius 1 is 1.00 bits per heavy atom. The molecule has 2 atom stereocenters. The summed E-state index contributed by atoms with van der Waals surface area (Å²) < 4.78 is 0. The lowest BCUT2D eigenvalue weighted by atomic mass is 10.1. The lowest BCUT2D eigenvalue weighted by molar-refractivity contribution is 0.435. The SMILES string of the molecule is CC(CCN)NC(C)CCN. The molecule has 3 heteroatoms. The predicted molar refractivity (Wildman–Crippen MR) is 49.4 cm³/mol. The fraction of sp³-hybridized carbons (Fsp3) is 1.00. The van der Waals surface area contributed by atoms with Gasteiger partial charge in [-0.25, -0.2) is 0 Å². The molecule has 0 aromatic carbocycles. The second-order valence-corrected chi connectivity index (χ2v) is 3.12. The first-order valence-electron chi connectivity index (χ1n) is 4.37. The number of rotatable bonds is 6. The molecule has 3 nitrogen and oxygen atoms in total. The molecule has 0 saturated heterocycles. The van der Waals surface area contributed by atoms with Crippen LogP contribution in [0.5, 0.6) is 0 Å². The third kappa shape index (κ3) is 6.28. The van der Waals surface area contributed by atoms with E-state index in [1.54, 1.807) is 0 Å². The molecule has 0 heterocycles. The Bertz CT molecular complexity index is 75.4. The van der Waals surface area contributed by atoms with Gasteiger partial charge < -0.3 is 16.8 Å². The second kappa shape index (κ2) is 6.58. The van der Waals surface area contributed by atoms with Crippen LogP contribution in [0.15, 0.2) is 0 Å². The van der Waals surface area contributed by atoms with Gasteiger partial charge in [-0.05, 0) is 39.8 Å². The zero-order chi connectivity index (χ0) is 8.69. The molecule has 0 rings (SSSR count). The monoisotopic (exact) mass is 159 g/mol. The lowest BCUT2D eigenvalue weighted by Gasteiger charge is -2.18. The Labute approximate surface area is 69.5 Å². The highest BCUT2D eigenvalue weighted by Crippen LogP contribution is 1.93. The highest BCUT2D eigenvalue weighted by molar-refractivity contribution is 4.67. The van der Waals surface area contributed by atoms with E-state index >= 15 is 0 Å². The Balaban J connectivity index is 3.32. The predicted octanol–water partition coefficient (Wildman–Crippen LogP) is 0.0506. The van der Waals surface area contributed by atoms with Gasteiger partial charge in [0.15, 0.2) is 0 Å². The third-order valence-corrected chi connectivity index (χ3v) is 1.77. The first-order valence-corrected chi connectivity index (χ1v) is 4.37. The van der Waals surface area contributed by atoms with Crippen LogP contribution in [0.2, 0.25) is 0 Å². The summed E-state index contributed by atoms with van der Waals surface area (Å²) in [6.07, 6.45) is 2.07. The van der Waals surface area contributed by atoms with Gasteiger partial charge in [-0.3, -0.25) is 0 Å². The van der Waals surface area contributed by atoms with E-state index in [9.17, 15) is 0 Å². The Morgan fingerprint density at radius 3 is 1.64 bits per heavy atom. The van der Waals surface area contributed by atoms with E-state index in [4.69, 9.17) is 11.5 Å². The summed E-state index contributed by atoms with van der Waals surface area (Å²) in [7, 11) is 0. The molecule has 0 amide bonds. The summed E-state index contributed by atoms with van der Waals surface area (Å²) in [4.78, 5) is 0. The van der Waals surface area contributed by atoms with Crippen molar-refractivity contribution in [2.45, 2.75) is 38.8 Å². The van der Waals surface area contributed by atoms with Gasteiger partial charge in [0.1, 0.15) is 0 Å². The summed E-state index contributed by atoms with van der Waals surface area (Å²) >= 11 is 0. The fourth-order valence-corrected chi connectivity index (χ4v) is 1.15. The maximum absolute atomic E-state index is 5.41. The van der Waals surface area contributed by atoms with Gasteiger partial charge >= 0.3 is 0 Å². The molecule has 2 unspecified atom stereocenters. The minimum absolute atomic E-state index is 0.515. The molecule has 0 aliphatic carbocycles. The summed E-state index contributed by atoms with van der Waals surface area (Å²) in [5, 5.41) is 3.42. The molecule has 0 radical (unpaired) electrons. The maximum Gasteiger partial charge on any atom is 0.00532 e. The van der Waals surface area contributed by atoms with Crippen molar-refractivity contribution in [1.29, 1.82) is 0 Å². The highest BCUT2D eigenvalue weighted by atomic mass is 14.9. The molecule has 0 aliphatic heterocycles. The molecule has 0 spiro atoms. The molecule has 0 aliphatic rings. The summed E-state index contributed by atoms with van der Waals surface area (Å²) in [5.41, 5.74) is 10.8. The molecule has 0 saturated carbocycles. The normalized spacial score (nSPS) is 16.4. The molecule has 0 bridgehead atoms. The zero-order valence-corrected chi connectivity index (χ0v) is 7.64. The van der Waals surface area contributed by atoms with E-state index in [-0.39, 0.29) is 0 Å². The van der Waals surface area contributed by atoms with Crippen molar-refractivity contribution in [2.75, 3.05) is 13.1 Å². The van der Waals surface area contributed by atoms with Crippen molar-refractivity contribution < 1.29 is 0 Å². The first-order chi connectivity index (χ1) is 5.20. The number of hydrogen-bond acceptors (Lipinski definition) is 3. The van der Waals surface area contributed by atoms with Gasteiger partial charge in [-0.15, -0.1) is 0 Å². The largest absolute Gasteiger partial charge is 0.330 e. The van der Waals surface area contributed by atoms with Gasteiger partial charge in [0.05, 0.1) is 0 Å². The average molecular weight is 159 g/mol. The van der Waals surface area contributed by atoms with E-state index < -0.39 is 0 Å². The minimum Gasteiger partial charge on any atom is -0.330 e. The van der Waals surface area contributed by atoms with Crippen molar-refractivity contribution in [3.05, 3.63) is 0 Å². The molecule has 0 aromatic heterocycles. The van der Waals surface area contributed by atoms with Crippen LogP contribution in [0.3, 0.4) is 0 Å². The van der Waals surface area contributed by atoms with E-state index in [0.29, 0.717) is 12.1 Å². The smallest absolute Gasteiger partial charge is 0.00532 e. The van der Waals surface area contributed by atoms with Crippen molar-refractivity contribution in [3.63, 3.8) is 0 Å². The topological polar surface area (TPSA) is 64.1 Å². The van der Waals surface area contributed by atoms with Crippen molar-refractivity contribution in [2.24, 2.45) is 11.5 Å². The van der Waals surface area contributed by atoms with Gasteiger partial charge in [0.2, 0.25) is 0 Å². The Morgan fingerprint density at radius 2 is 1.36 bits per heavy atom. The Hall–Kier alpha value is -0.120. The Kier molecular flexibility index (Phi) is 6.51. The lowest BCUT2D eigenvalue weighted by Crippen LogP contribution is -2.36. The first kappa shape index (κ1) is 10.9. The van der Waals surface area contributed by atoms with Crippen LogP contribution < -0.4 is 16.8 Å². The average Bonchev–Trinajstić information content (AvgIpc) is 1.87. The molecule has 5 N–H and O–H groups in total. The van der Waals surface area contributed by atoms with Crippen LogP contribution in [0.4, 0.5) is 0 Å². The van der Waals surface area contributed by atoms with Gasteiger partial charge in [0, 0.05) is 12.1 Å². The van der Waals surface area contributed by atoms with Gasteiger partial charge in [0.25, 0.3) is 0 Å². The maximum atomic E-state index is 5.41. The summed E-state index contributed by atoms with van der Waals surface area (Å²) in [6, 6.07) is 1.03. The number of nitrogens with two attached hydrogens (primary N) is 2. The zero-order valence-electron chi connectivity index (χ0n) is 7.64. The van der Waals surface area contributed by atoms with E-state index in [0.717, 1.165) is 25.9 Å². The van der Waals surface area contributed by atoms with Crippen molar-refractivity contribution in [1.82, 2.24) is 5.32 Å². The van der Waals surface area contributed by atoms with Crippen LogP contribution in [-0.2, 0) is 0 Å². The minimum atomic E-state index is 0.515. The molecule has 0 fully saturated rings. The van der Waals surface area contributed by atoms with Crippen LogP contribution in [-0.4, -0.2) is 25.2 Å². The molecule has 0 aromatic rings. The van der Waals surface area contributed by atoms with Gasteiger partial charge in [-0.2, -0.15) is 0 Å². The van der Waals surface area contributed by atoms with E-state index in [1.807, 2.05) is 0 Å². The van der Waals surface area contributed by atoms with Crippen LogP contribution >= 0.6 is 0 Å². The van der Waals surface area contributed by atoms with Crippen LogP contribution in [0, 0.1) is 0 Å². The van der Waals surface area contributed by atoms with Crippen molar-refractivity contribution in [3.8, 4) is 0 Å². The van der Waals surface area contributed by atoms with Crippen LogP contribution in [0.25, 0.3) is 0 Å².